The third-order valence-corrected chi connectivity index (χ3v) is 4.42. The van der Waals surface area contributed by atoms with Crippen molar-refractivity contribution < 1.29 is 27.4 Å². The van der Waals surface area contributed by atoms with Gasteiger partial charge in [0.05, 0.1) is 18.5 Å². The van der Waals surface area contributed by atoms with Crippen LogP contribution in [-0.4, -0.2) is 31.2 Å². The number of anilines is 1. The van der Waals surface area contributed by atoms with Crippen molar-refractivity contribution in [1.82, 2.24) is 0 Å². The summed E-state index contributed by atoms with van der Waals surface area (Å²) < 4.78 is 46.5. The maximum Gasteiger partial charge on any atom is 0.573 e. The first-order chi connectivity index (χ1) is 12.8. The minimum atomic E-state index is -4.77. The number of halogens is 4. The van der Waals surface area contributed by atoms with Crippen LogP contribution in [0.25, 0.3) is 0 Å². The molecule has 142 valence electrons. The van der Waals surface area contributed by atoms with E-state index in [9.17, 15) is 18.0 Å². The van der Waals surface area contributed by atoms with Crippen molar-refractivity contribution in [2.75, 3.05) is 12.1 Å². The lowest BCUT2D eigenvalue weighted by Gasteiger charge is -2.21. The molecule has 0 aliphatic carbocycles. The zero-order chi connectivity index (χ0) is 19.6. The standard InChI is InChI=1S/C18H14BrF3N2O3/c1-26-17(25)16-10-15(11-2-4-12(19)5-3-11)23-24(16)13-6-8-14(9-7-13)27-18(20,21)22/h2-9,16H,10H2,1H3. The van der Waals surface area contributed by atoms with Crippen LogP contribution in [0.1, 0.15) is 12.0 Å². The van der Waals surface area contributed by atoms with Gasteiger partial charge in [0.2, 0.25) is 0 Å². The molecule has 0 saturated carbocycles. The predicted molar refractivity (Wildman–Crippen MR) is 96.7 cm³/mol. The molecule has 27 heavy (non-hydrogen) atoms. The molecule has 0 saturated heterocycles. The lowest BCUT2D eigenvalue weighted by atomic mass is 10.0. The second kappa shape index (κ2) is 7.59. The summed E-state index contributed by atoms with van der Waals surface area (Å²) in [7, 11) is 1.28. The first-order valence-corrected chi connectivity index (χ1v) is 8.62. The highest BCUT2D eigenvalue weighted by atomic mass is 79.9. The number of esters is 1. The van der Waals surface area contributed by atoms with Gasteiger partial charge in [0, 0.05) is 10.9 Å². The lowest BCUT2D eigenvalue weighted by Crippen LogP contribution is -2.35. The third-order valence-electron chi connectivity index (χ3n) is 3.90. The van der Waals surface area contributed by atoms with Crippen LogP contribution in [0.3, 0.4) is 0 Å². The summed E-state index contributed by atoms with van der Waals surface area (Å²) in [5.41, 5.74) is 1.96. The van der Waals surface area contributed by atoms with Gasteiger partial charge in [-0.25, -0.2) is 4.79 Å². The molecule has 0 radical (unpaired) electrons. The van der Waals surface area contributed by atoms with E-state index in [4.69, 9.17) is 4.74 Å². The van der Waals surface area contributed by atoms with Gasteiger partial charge in [0.15, 0.2) is 6.04 Å². The first kappa shape index (κ1) is 19.2. The van der Waals surface area contributed by atoms with Crippen molar-refractivity contribution in [3.05, 3.63) is 58.6 Å². The monoisotopic (exact) mass is 442 g/mol. The molecule has 0 N–H and O–H groups in total. The Hall–Kier alpha value is -2.55. The Bertz CT molecular complexity index is 852. The fourth-order valence-corrected chi connectivity index (χ4v) is 2.95. The molecule has 0 amide bonds. The number of ether oxygens (including phenoxy) is 2. The predicted octanol–water partition coefficient (Wildman–Crippen LogP) is 4.50. The molecule has 5 nitrogen and oxygen atoms in total. The Morgan fingerprint density at radius 1 is 1.15 bits per heavy atom. The second-order valence-corrected chi connectivity index (χ2v) is 6.60. The largest absolute Gasteiger partial charge is 0.573 e. The average Bonchev–Trinajstić information content (AvgIpc) is 3.06. The summed E-state index contributed by atoms with van der Waals surface area (Å²) in [6.07, 6.45) is -4.45. The molecular weight excluding hydrogens is 429 g/mol. The van der Waals surface area contributed by atoms with Crippen LogP contribution in [0.4, 0.5) is 18.9 Å². The highest BCUT2D eigenvalue weighted by molar-refractivity contribution is 9.10. The van der Waals surface area contributed by atoms with E-state index in [1.165, 1.54) is 36.4 Å². The van der Waals surface area contributed by atoms with Crippen molar-refractivity contribution in [3.63, 3.8) is 0 Å². The maximum atomic E-state index is 12.3. The number of carbonyl (C=O) groups is 1. The Kier molecular flexibility index (Phi) is 5.41. The maximum absolute atomic E-state index is 12.3. The van der Waals surface area contributed by atoms with Crippen LogP contribution >= 0.6 is 15.9 Å². The minimum Gasteiger partial charge on any atom is -0.467 e. The minimum absolute atomic E-state index is 0.315. The molecule has 0 bridgehead atoms. The number of carbonyl (C=O) groups excluding carboxylic acids is 1. The lowest BCUT2D eigenvalue weighted by molar-refractivity contribution is -0.274. The van der Waals surface area contributed by atoms with Crippen molar-refractivity contribution in [3.8, 4) is 5.75 Å². The van der Waals surface area contributed by atoms with Crippen LogP contribution in [-0.2, 0) is 9.53 Å². The number of rotatable bonds is 4. The van der Waals surface area contributed by atoms with Gasteiger partial charge in [-0.2, -0.15) is 5.10 Å². The molecule has 1 unspecified atom stereocenters. The molecule has 9 heteroatoms. The van der Waals surface area contributed by atoms with Crippen molar-refractivity contribution in [2.45, 2.75) is 18.8 Å². The fourth-order valence-electron chi connectivity index (χ4n) is 2.69. The van der Waals surface area contributed by atoms with Crippen LogP contribution in [0.5, 0.6) is 5.75 Å². The summed E-state index contributed by atoms with van der Waals surface area (Å²) in [6, 6.07) is 11.9. The van der Waals surface area contributed by atoms with Crippen LogP contribution < -0.4 is 9.75 Å². The molecule has 0 aromatic heterocycles. The Balaban J connectivity index is 1.89. The molecule has 1 aliphatic rings. The quantitative estimate of drug-likeness (QED) is 0.653. The first-order valence-electron chi connectivity index (χ1n) is 7.83. The number of methoxy groups -OCH3 is 1. The van der Waals surface area contributed by atoms with Gasteiger partial charge in [-0.3, -0.25) is 5.01 Å². The third kappa shape index (κ3) is 4.60. The van der Waals surface area contributed by atoms with Gasteiger partial charge in [0.25, 0.3) is 0 Å². The number of hydrogen-bond acceptors (Lipinski definition) is 5. The van der Waals surface area contributed by atoms with Gasteiger partial charge < -0.3 is 9.47 Å². The molecule has 0 spiro atoms. The number of benzene rings is 2. The Labute approximate surface area is 161 Å². The second-order valence-electron chi connectivity index (χ2n) is 5.68. The van der Waals surface area contributed by atoms with E-state index in [1.807, 2.05) is 24.3 Å². The molecule has 2 aromatic rings. The Morgan fingerprint density at radius 2 is 1.78 bits per heavy atom. The molecule has 3 rings (SSSR count). The zero-order valence-corrected chi connectivity index (χ0v) is 15.6. The molecular formula is C18H14BrF3N2O3. The van der Waals surface area contributed by atoms with E-state index in [0.29, 0.717) is 17.8 Å². The summed E-state index contributed by atoms with van der Waals surface area (Å²) >= 11 is 3.36. The smallest absolute Gasteiger partial charge is 0.467 e. The molecule has 1 heterocycles. The van der Waals surface area contributed by atoms with E-state index >= 15 is 0 Å². The molecule has 1 atom stereocenters. The van der Waals surface area contributed by atoms with Crippen LogP contribution in [0, 0.1) is 0 Å². The fraction of sp³-hybridized carbons (Fsp3) is 0.222. The number of nitrogens with zero attached hydrogens (tertiary/aromatic N) is 2. The van der Waals surface area contributed by atoms with Gasteiger partial charge in [-0.05, 0) is 42.0 Å². The number of hydrogen-bond donors (Lipinski definition) is 0. The summed E-state index contributed by atoms with van der Waals surface area (Å²) in [5.74, 6) is -0.835. The summed E-state index contributed by atoms with van der Waals surface area (Å²) in [4.78, 5) is 12.2. The van der Waals surface area contributed by atoms with E-state index in [0.717, 1.165) is 10.0 Å². The molecule has 0 fully saturated rings. The SMILES string of the molecule is COC(=O)C1CC(c2ccc(Br)cc2)=NN1c1ccc(OC(F)(F)F)cc1. The van der Waals surface area contributed by atoms with Crippen molar-refractivity contribution >= 4 is 33.3 Å². The zero-order valence-electron chi connectivity index (χ0n) is 14.0. The highest BCUT2D eigenvalue weighted by Crippen LogP contribution is 2.30. The number of hydrazone groups is 1. The normalized spacial score (nSPS) is 16.9. The molecule has 1 aliphatic heterocycles. The van der Waals surface area contributed by atoms with Crippen molar-refractivity contribution in [2.24, 2.45) is 5.10 Å². The van der Waals surface area contributed by atoms with E-state index in [1.54, 1.807) is 0 Å². The average molecular weight is 443 g/mol. The van der Waals surface area contributed by atoms with Crippen LogP contribution in [0.15, 0.2) is 58.1 Å². The topological polar surface area (TPSA) is 51.1 Å². The van der Waals surface area contributed by atoms with E-state index in [-0.39, 0.29) is 5.75 Å². The van der Waals surface area contributed by atoms with E-state index in [2.05, 4.69) is 25.8 Å². The van der Waals surface area contributed by atoms with Gasteiger partial charge in [-0.1, -0.05) is 28.1 Å². The van der Waals surface area contributed by atoms with Crippen molar-refractivity contribution in [1.29, 1.82) is 0 Å². The summed E-state index contributed by atoms with van der Waals surface area (Å²) in [5, 5.41) is 5.93. The molecule has 2 aromatic carbocycles. The summed E-state index contributed by atoms with van der Waals surface area (Å²) in [6.45, 7) is 0. The van der Waals surface area contributed by atoms with E-state index < -0.39 is 18.4 Å². The Morgan fingerprint density at radius 3 is 2.33 bits per heavy atom. The van der Waals surface area contributed by atoms with Gasteiger partial charge in [-0.15, -0.1) is 13.2 Å². The highest BCUT2D eigenvalue weighted by Gasteiger charge is 2.35. The van der Waals surface area contributed by atoms with Gasteiger partial charge >= 0.3 is 12.3 Å². The van der Waals surface area contributed by atoms with Gasteiger partial charge in [0.1, 0.15) is 5.75 Å². The van der Waals surface area contributed by atoms with Crippen LogP contribution in [0.2, 0.25) is 0 Å². The number of alkyl halides is 3.